The van der Waals surface area contributed by atoms with Gasteiger partial charge in [0.05, 0.1) is 0 Å². The van der Waals surface area contributed by atoms with E-state index in [1.165, 1.54) is 0 Å². The van der Waals surface area contributed by atoms with Crippen LogP contribution in [-0.4, -0.2) is 11.1 Å². The largest absolute Gasteiger partial charge is 0.481 e. The molecule has 0 unspecified atom stereocenters. The molecule has 0 aromatic rings. The lowest BCUT2D eigenvalue weighted by Crippen LogP contribution is -1.78. The van der Waals surface area contributed by atoms with Gasteiger partial charge in [-0.3, -0.25) is 4.79 Å². The number of carboxylic acid groups (broad SMARTS) is 1. The molecule has 12 heavy (non-hydrogen) atoms. The van der Waals surface area contributed by atoms with Crippen LogP contribution in [0.25, 0.3) is 0 Å². The van der Waals surface area contributed by atoms with Crippen LogP contribution >= 0.6 is 0 Å². The van der Waals surface area contributed by atoms with Gasteiger partial charge in [0, 0.05) is 6.92 Å². The highest BCUT2D eigenvalue weighted by molar-refractivity contribution is 5.62. The van der Waals surface area contributed by atoms with Gasteiger partial charge >= 0.3 is 0 Å². The maximum atomic E-state index is 9.00. The van der Waals surface area contributed by atoms with Gasteiger partial charge in [0.1, 0.15) is 0 Å². The quantitative estimate of drug-likeness (QED) is 0.613. The third-order valence-corrected chi connectivity index (χ3v) is 0. The highest BCUT2D eigenvalue weighted by atomic mass is 16.4. The first-order valence-corrected chi connectivity index (χ1v) is 3.76. The van der Waals surface area contributed by atoms with Crippen LogP contribution in [0.3, 0.4) is 0 Å². The Balaban J connectivity index is -0.0000000181. The third kappa shape index (κ3) is 2420. The molecule has 0 spiro atoms. The Morgan fingerprint density at radius 1 is 0.833 bits per heavy atom. The van der Waals surface area contributed by atoms with Crippen LogP contribution in [0.1, 0.15) is 34.6 Å². The van der Waals surface area contributed by atoms with E-state index in [0.717, 1.165) is 6.92 Å². The molecule has 0 aliphatic rings. The maximum absolute atomic E-state index is 9.00. The maximum Gasteiger partial charge on any atom is 0.300 e. The number of hydrogen-bond donors (Lipinski definition) is 1. The molecule has 0 aliphatic heterocycles. The summed E-state index contributed by atoms with van der Waals surface area (Å²) in [5, 5.41) is 7.42. The summed E-state index contributed by atoms with van der Waals surface area (Å²) in [7, 11) is 0. The lowest BCUT2D eigenvalue weighted by Gasteiger charge is -1.59. The predicted octanol–water partition coefficient (Wildman–Crippen LogP) is 3.45. The third-order valence-electron chi connectivity index (χ3n) is 0. The zero-order valence-electron chi connectivity index (χ0n) is 9.18. The first-order valence-electron chi connectivity index (χ1n) is 3.76. The van der Waals surface area contributed by atoms with Crippen molar-refractivity contribution in [3.8, 4) is 0 Å². The second-order valence-electron chi connectivity index (χ2n) is 0.519. The van der Waals surface area contributed by atoms with Gasteiger partial charge in [-0.1, -0.05) is 55.4 Å². The highest BCUT2D eigenvalue weighted by Crippen LogP contribution is 1.42. The second kappa shape index (κ2) is 154. The zero-order valence-corrected chi connectivity index (χ0v) is 9.18. The summed E-state index contributed by atoms with van der Waals surface area (Å²) < 4.78 is 0. The van der Waals surface area contributed by atoms with Crippen molar-refractivity contribution in [1.29, 1.82) is 0 Å². The van der Waals surface area contributed by atoms with E-state index in [4.69, 9.17) is 9.90 Å². The van der Waals surface area contributed by atoms with Gasteiger partial charge in [0.2, 0.25) is 0 Å². The minimum Gasteiger partial charge on any atom is -0.481 e. The Labute approximate surface area is 79.0 Å². The Hall–Kier alpha value is -0.530. The monoisotopic (exact) mass is 176 g/mol. The summed E-state index contributed by atoms with van der Waals surface area (Å²) in [6.45, 7) is 21.1. The number of hydrogen-bond acceptors (Lipinski definition) is 1. The fourth-order valence-corrected chi connectivity index (χ4v) is 0. The predicted molar refractivity (Wildman–Crippen MR) is 57.4 cm³/mol. The Morgan fingerprint density at radius 3 is 0.833 bits per heavy atom. The standard InChI is InChI=1S/C2H4O2.4C2H5/c1-2(3)4;4*1-2/h1H3,(H,3,4);4*1H2,2H3. The van der Waals surface area contributed by atoms with E-state index in [2.05, 4.69) is 27.7 Å². The van der Waals surface area contributed by atoms with E-state index in [0.29, 0.717) is 0 Å². The Bertz CT molecular complexity index is 30.8. The molecule has 0 bridgehead atoms. The van der Waals surface area contributed by atoms with Gasteiger partial charge < -0.3 is 5.11 Å². The lowest BCUT2D eigenvalue weighted by molar-refractivity contribution is -0.134. The molecule has 0 aliphatic carbocycles. The van der Waals surface area contributed by atoms with Crippen LogP contribution in [0.2, 0.25) is 0 Å². The van der Waals surface area contributed by atoms with E-state index in [-0.39, 0.29) is 0 Å². The number of rotatable bonds is 0. The molecule has 76 valence electrons. The fraction of sp³-hybridized carbons (Fsp3) is 0.500. The SMILES string of the molecule is CC(=O)O.[CH2]C.[CH2]C.[CH2]C.[CH2]C. The molecular formula is C10H24O2. The number of carboxylic acids is 1. The molecule has 0 aromatic heterocycles. The first kappa shape index (κ1) is 30.0. The molecule has 0 aromatic carbocycles. The van der Waals surface area contributed by atoms with Crippen LogP contribution < -0.4 is 0 Å². The van der Waals surface area contributed by atoms with Crippen LogP contribution in [0, 0.1) is 27.7 Å². The molecule has 2 heteroatoms. The second-order valence-corrected chi connectivity index (χ2v) is 0.519. The summed E-state index contributed by atoms with van der Waals surface area (Å²) in [6, 6.07) is 0. The smallest absolute Gasteiger partial charge is 0.300 e. The van der Waals surface area contributed by atoms with E-state index >= 15 is 0 Å². The summed E-state index contributed by atoms with van der Waals surface area (Å²) in [4.78, 5) is 9.00. The molecule has 4 radical (unpaired) electrons. The van der Waals surface area contributed by atoms with Crippen molar-refractivity contribution in [1.82, 2.24) is 0 Å². The van der Waals surface area contributed by atoms with Crippen molar-refractivity contribution in [2.75, 3.05) is 0 Å². The molecule has 0 saturated heterocycles. The molecule has 0 atom stereocenters. The average molecular weight is 176 g/mol. The molecule has 2 nitrogen and oxygen atoms in total. The summed E-state index contributed by atoms with van der Waals surface area (Å²) >= 11 is 0. The van der Waals surface area contributed by atoms with E-state index in [9.17, 15) is 0 Å². The summed E-state index contributed by atoms with van der Waals surface area (Å²) in [5.74, 6) is -0.833. The van der Waals surface area contributed by atoms with Gasteiger partial charge in [0.25, 0.3) is 5.97 Å². The van der Waals surface area contributed by atoms with Crippen LogP contribution in [0.15, 0.2) is 0 Å². The molecule has 1 N–H and O–H groups in total. The van der Waals surface area contributed by atoms with E-state index in [1.54, 1.807) is 27.7 Å². The summed E-state index contributed by atoms with van der Waals surface area (Å²) in [5.41, 5.74) is 0. The van der Waals surface area contributed by atoms with Crippen molar-refractivity contribution >= 4 is 5.97 Å². The number of carbonyl (C=O) groups is 1. The van der Waals surface area contributed by atoms with Crippen molar-refractivity contribution in [2.45, 2.75) is 34.6 Å². The van der Waals surface area contributed by atoms with Crippen molar-refractivity contribution < 1.29 is 9.90 Å². The van der Waals surface area contributed by atoms with Crippen molar-refractivity contribution in [3.05, 3.63) is 27.7 Å². The Kier molecular flexibility index (Phi) is 385. The molecule has 0 amide bonds. The molecule has 0 heterocycles. The van der Waals surface area contributed by atoms with Crippen LogP contribution in [0.4, 0.5) is 0 Å². The minimum atomic E-state index is -0.833. The van der Waals surface area contributed by atoms with Gasteiger partial charge in [-0.05, 0) is 0 Å². The van der Waals surface area contributed by atoms with Crippen LogP contribution in [0.5, 0.6) is 0 Å². The normalized spacial score (nSPS) is 4.08. The number of aliphatic carboxylic acids is 1. The van der Waals surface area contributed by atoms with Crippen molar-refractivity contribution in [2.24, 2.45) is 0 Å². The van der Waals surface area contributed by atoms with Gasteiger partial charge in [-0.15, -0.1) is 0 Å². The fourth-order valence-electron chi connectivity index (χ4n) is 0. The Morgan fingerprint density at radius 2 is 0.833 bits per heavy atom. The molecule has 0 rings (SSSR count). The average Bonchev–Trinajstić information content (AvgIpc) is 2.16. The van der Waals surface area contributed by atoms with Gasteiger partial charge in [-0.25, -0.2) is 0 Å². The summed E-state index contributed by atoms with van der Waals surface area (Å²) in [6.07, 6.45) is 0. The zero-order chi connectivity index (χ0) is 11.6. The first-order chi connectivity index (χ1) is 5.73. The van der Waals surface area contributed by atoms with Gasteiger partial charge in [0.15, 0.2) is 0 Å². The van der Waals surface area contributed by atoms with E-state index in [1.807, 2.05) is 0 Å². The highest BCUT2D eigenvalue weighted by Gasteiger charge is 1.65. The van der Waals surface area contributed by atoms with Gasteiger partial charge in [-0.2, -0.15) is 0 Å². The topological polar surface area (TPSA) is 37.3 Å². The molecule has 0 fully saturated rings. The van der Waals surface area contributed by atoms with Crippen LogP contribution in [-0.2, 0) is 4.79 Å². The minimum absolute atomic E-state index is 0.833. The lowest BCUT2D eigenvalue weighted by atomic mass is 10.9. The van der Waals surface area contributed by atoms with Crippen molar-refractivity contribution in [3.63, 3.8) is 0 Å². The molecular weight excluding hydrogens is 152 g/mol. The molecule has 0 saturated carbocycles. The van der Waals surface area contributed by atoms with E-state index < -0.39 is 5.97 Å².